The molecule has 0 N–H and O–H groups in total. The van der Waals surface area contributed by atoms with Crippen LogP contribution in [-0.2, 0) is 0 Å². The number of nitro groups is 1. The molecule has 0 saturated carbocycles. The molecule has 0 unspecified atom stereocenters. The van der Waals surface area contributed by atoms with E-state index in [1.165, 1.54) is 12.1 Å². The number of hydrogen-bond acceptors (Lipinski definition) is 4. The Morgan fingerprint density at radius 1 is 1.43 bits per heavy atom. The van der Waals surface area contributed by atoms with Crippen LogP contribution in [0.3, 0.4) is 0 Å². The van der Waals surface area contributed by atoms with Gasteiger partial charge in [0, 0.05) is 55.3 Å². The van der Waals surface area contributed by atoms with Crippen molar-refractivity contribution in [3.8, 4) is 0 Å². The zero-order valence-corrected chi connectivity index (χ0v) is 12.2. The SMILES string of the molecule is CC/C(=C\N(C)C)n1cc(C=O)c2cc([N+](=O)[O-])ccc21. The summed E-state index contributed by atoms with van der Waals surface area (Å²) in [5, 5.41) is 11.5. The van der Waals surface area contributed by atoms with Gasteiger partial charge >= 0.3 is 0 Å². The van der Waals surface area contributed by atoms with Gasteiger partial charge in [0.15, 0.2) is 6.29 Å². The fourth-order valence-corrected chi connectivity index (χ4v) is 2.31. The summed E-state index contributed by atoms with van der Waals surface area (Å²) in [6.45, 7) is 2.02. The Labute approximate surface area is 122 Å². The van der Waals surface area contributed by atoms with Gasteiger partial charge < -0.3 is 9.47 Å². The van der Waals surface area contributed by atoms with Gasteiger partial charge in [-0.3, -0.25) is 14.9 Å². The molecule has 6 heteroatoms. The maximum atomic E-state index is 11.2. The van der Waals surface area contributed by atoms with Crippen LogP contribution in [0.4, 0.5) is 5.69 Å². The van der Waals surface area contributed by atoms with Crippen LogP contribution in [0.2, 0.25) is 0 Å². The van der Waals surface area contributed by atoms with Crippen molar-refractivity contribution in [3.63, 3.8) is 0 Å². The minimum absolute atomic E-state index is 0.0158. The topological polar surface area (TPSA) is 68.4 Å². The van der Waals surface area contributed by atoms with Crippen molar-refractivity contribution in [2.45, 2.75) is 13.3 Å². The first-order valence-corrected chi connectivity index (χ1v) is 6.60. The molecule has 0 aliphatic rings. The molecule has 21 heavy (non-hydrogen) atoms. The van der Waals surface area contributed by atoms with E-state index in [9.17, 15) is 14.9 Å². The summed E-state index contributed by atoms with van der Waals surface area (Å²) in [7, 11) is 3.85. The lowest BCUT2D eigenvalue weighted by Gasteiger charge is -2.13. The van der Waals surface area contributed by atoms with E-state index in [1.807, 2.05) is 36.7 Å². The predicted octanol–water partition coefficient (Wildman–Crippen LogP) is 3.13. The number of aldehydes is 1. The summed E-state index contributed by atoms with van der Waals surface area (Å²) in [6.07, 6.45) is 5.19. The molecule has 1 aromatic heterocycles. The van der Waals surface area contributed by atoms with Crippen LogP contribution in [0, 0.1) is 10.1 Å². The lowest BCUT2D eigenvalue weighted by Crippen LogP contribution is -2.05. The largest absolute Gasteiger partial charge is 0.382 e. The van der Waals surface area contributed by atoms with Gasteiger partial charge in [-0.05, 0) is 12.5 Å². The fourth-order valence-electron chi connectivity index (χ4n) is 2.31. The molecular weight excluding hydrogens is 270 g/mol. The third-order valence-corrected chi connectivity index (χ3v) is 3.24. The molecule has 0 spiro atoms. The zero-order chi connectivity index (χ0) is 15.6. The lowest BCUT2D eigenvalue weighted by atomic mass is 10.2. The molecule has 1 aromatic carbocycles. The highest BCUT2D eigenvalue weighted by atomic mass is 16.6. The average molecular weight is 287 g/mol. The molecule has 0 saturated heterocycles. The molecule has 1 heterocycles. The molecule has 0 bridgehead atoms. The van der Waals surface area contributed by atoms with E-state index in [1.54, 1.807) is 12.3 Å². The van der Waals surface area contributed by atoms with Gasteiger partial charge in [-0.2, -0.15) is 0 Å². The monoisotopic (exact) mass is 287 g/mol. The molecular formula is C15H17N3O3. The number of nitrogens with zero attached hydrogens (tertiary/aromatic N) is 3. The van der Waals surface area contributed by atoms with Gasteiger partial charge in [0.25, 0.3) is 5.69 Å². The van der Waals surface area contributed by atoms with E-state index in [-0.39, 0.29) is 5.69 Å². The van der Waals surface area contributed by atoms with Crippen LogP contribution in [0.15, 0.2) is 30.6 Å². The van der Waals surface area contributed by atoms with Gasteiger partial charge in [0.2, 0.25) is 0 Å². The second-order valence-corrected chi connectivity index (χ2v) is 4.97. The number of fused-ring (bicyclic) bond motifs is 1. The Balaban J connectivity index is 2.71. The van der Waals surface area contributed by atoms with Crippen molar-refractivity contribution in [3.05, 3.63) is 46.3 Å². The normalized spacial score (nSPS) is 11.7. The smallest absolute Gasteiger partial charge is 0.270 e. The molecule has 0 amide bonds. The molecule has 6 nitrogen and oxygen atoms in total. The van der Waals surface area contributed by atoms with Gasteiger partial charge in [0.05, 0.1) is 10.4 Å². The summed E-state index contributed by atoms with van der Waals surface area (Å²) in [4.78, 5) is 23.6. The summed E-state index contributed by atoms with van der Waals surface area (Å²) < 4.78 is 1.91. The second kappa shape index (κ2) is 5.78. The van der Waals surface area contributed by atoms with Crippen molar-refractivity contribution >= 4 is 28.6 Å². The average Bonchev–Trinajstić information content (AvgIpc) is 2.82. The second-order valence-electron chi connectivity index (χ2n) is 4.97. The van der Waals surface area contributed by atoms with Crippen LogP contribution < -0.4 is 0 Å². The quantitative estimate of drug-likeness (QED) is 0.481. The van der Waals surface area contributed by atoms with E-state index in [2.05, 4.69) is 0 Å². The molecule has 2 aromatic rings. The number of hydrogen-bond donors (Lipinski definition) is 0. The van der Waals surface area contributed by atoms with Gasteiger partial charge in [-0.25, -0.2) is 0 Å². The maximum Gasteiger partial charge on any atom is 0.270 e. The van der Waals surface area contributed by atoms with Crippen LogP contribution in [0.1, 0.15) is 23.7 Å². The first-order chi connectivity index (χ1) is 9.97. The van der Waals surface area contributed by atoms with Gasteiger partial charge in [-0.1, -0.05) is 6.92 Å². The Morgan fingerprint density at radius 3 is 2.67 bits per heavy atom. The van der Waals surface area contributed by atoms with Crippen LogP contribution in [-0.4, -0.2) is 34.8 Å². The first-order valence-electron chi connectivity index (χ1n) is 6.60. The van der Waals surface area contributed by atoms with Crippen molar-refractivity contribution in [2.75, 3.05) is 14.1 Å². The van der Waals surface area contributed by atoms with Gasteiger partial charge in [-0.15, -0.1) is 0 Å². The predicted molar refractivity (Wildman–Crippen MR) is 82.2 cm³/mol. The molecule has 0 fully saturated rings. The Hall–Kier alpha value is -2.63. The molecule has 0 aliphatic carbocycles. The number of benzene rings is 1. The molecule has 2 rings (SSSR count). The third-order valence-electron chi connectivity index (χ3n) is 3.24. The van der Waals surface area contributed by atoms with E-state index in [0.29, 0.717) is 10.9 Å². The van der Waals surface area contributed by atoms with Crippen LogP contribution in [0.5, 0.6) is 0 Å². The van der Waals surface area contributed by atoms with Crippen molar-refractivity contribution in [1.82, 2.24) is 9.47 Å². The molecule has 110 valence electrons. The number of aromatic nitrogens is 1. The van der Waals surface area contributed by atoms with E-state index >= 15 is 0 Å². The summed E-state index contributed by atoms with van der Waals surface area (Å²) >= 11 is 0. The highest BCUT2D eigenvalue weighted by Crippen LogP contribution is 2.28. The minimum atomic E-state index is -0.457. The highest BCUT2D eigenvalue weighted by Gasteiger charge is 2.14. The standard InChI is InChI=1S/C15H17N3O3/c1-4-12(9-16(2)3)17-8-11(10-19)14-7-13(18(20)21)5-6-15(14)17/h5-10H,4H2,1-3H3/b12-9+. The number of carbonyl (C=O) groups is 1. The van der Waals surface area contributed by atoms with Crippen molar-refractivity contribution < 1.29 is 9.72 Å². The lowest BCUT2D eigenvalue weighted by molar-refractivity contribution is -0.384. The van der Waals surface area contributed by atoms with Crippen LogP contribution in [0.25, 0.3) is 16.6 Å². The number of carbonyl (C=O) groups excluding carboxylic acids is 1. The first kappa shape index (κ1) is 14.8. The summed E-state index contributed by atoms with van der Waals surface area (Å²) in [6, 6.07) is 4.58. The Kier molecular flexibility index (Phi) is 4.07. The van der Waals surface area contributed by atoms with Crippen molar-refractivity contribution in [1.29, 1.82) is 0 Å². The number of rotatable bonds is 5. The van der Waals surface area contributed by atoms with Crippen LogP contribution >= 0.6 is 0 Å². The van der Waals surface area contributed by atoms with Gasteiger partial charge in [0.1, 0.15) is 0 Å². The van der Waals surface area contributed by atoms with E-state index in [4.69, 9.17) is 0 Å². The molecule has 0 aliphatic heterocycles. The summed E-state index contributed by atoms with van der Waals surface area (Å²) in [5.41, 5.74) is 2.23. The number of nitro benzene ring substituents is 1. The number of allylic oxidation sites excluding steroid dienone is 1. The zero-order valence-electron chi connectivity index (χ0n) is 12.2. The van der Waals surface area contributed by atoms with E-state index in [0.717, 1.165) is 23.9 Å². The highest BCUT2D eigenvalue weighted by molar-refractivity contribution is 6.00. The van der Waals surface area contributed by atoms with E-state index < -0.39 is 4.92 Å². The fraction of sp³-hybridized carbons (Fsp3) is 0.267. The molecule has 0 radical (unpaired) electrons. The Morgan fingerprint density at radius 2 is 2.14 bits per heavy atom. The summed E-state index contributed by atoms with van der Waals surface area (Å²) in [5.74, 6) is 0. The molecule has 0 atom stereocenters. The third kappa shape index (κ3) is 2.79. The minimum Gasteiger partial charge on any atom is -0.382 e. The maximum absolute atomic E-state index is 11.2. The number of non-ortho nitro benzene ring substituents is 1. The Bertz CT molecular complexity index is 729. The van der Waals surface area contributed by atoms with Crippen molar-refractivity contribution in [2.24, 2.45) is 0 Å².